The Labute approximate surface area is 327 Å². The average Bonchev–Trinajstić information content (AvgIpc) is 3.65. The van der Waals surface area contributed by atoms with Crippen LogP contribution in [0, 0.1) is 17.8 Å². The summed E-state index contributed by atoms with van der Waals surface area (Å²) in [5, 5.41) is 26.0. The Morgan fingerprint density at radius 2 is 1.37 bits per heavy atom. The minimum Gasteiger partial charge on any atom is -0.392 e. The van der Waals surface area contributed by atoms with Gasteiger partial charge in [0.2, 0.25) is 11.8 Å². The lowest BCUT2D eigenvalue weighted by Crippen LogP contribution is -2.23. The van der Waals surface area contributed by atoms with Crippen LogP contribution in [-0.4, -0.2) is 58.9 Å². The van der Waals surface area contributed by atoms with Crippen molar-refractivity contribution in [3.63, 3.8) is 0 Å². The van der Waals surface area contributed by atoms with E-state index in [1.165, 1.54) is 19.3 Å². The maximum absolute atomic E-state index is 12.2. The molecule has 4 N–H and O–H groups in total. The Morgan fingerprint density at radius 3 is 1.98 bits per heavy atom. The largest absolute Gasteiger partial charge is 0.392 e. The molecule has 304 valence electrons. The molecule has 1 unspecified atom stereocenters. The van der Waals surface area contributed by atoms with Gasteiger partial charge in [0.05, 0.1) is 12.2 Å². The normalized spacial score (nSPS) is 21.3. The number of aliphatic hydroxyl groups excluding tert-OH is 2. The zero-order valence-electron chi connectivity index (χ0n) is 34.1. The first-order valence-corrected chi connectivity index (χ1v) is 21.2. The van der Waals surface area contributed by atoms with Gasteiger partial charge in [0.1, 0.15) is 5.78 Å². The third kappa shape index (κ3) is 22.8. The lowest BCUT2D eigenvalue weighted by atomic mass is 9.90. The van der Waals surface area contributed by atoms with E-state index in [4.69, 9.17) is 0 Å². The van der Waals surface area contributed by atoms with E-state index in [0.29, 0.717) is 25.7 Å². The number of nitrogens with one attached hydrogen (secondary N) is 2. The average molecular weight is 751 g/mol. The predicted molar refractivity (Wildman–Crippen MR) is 223 cm³/mol. The summed E-state index contributed by atoms with van der Waals surface area (Å²) in [4.78, 5) is 47.2. The standard InChI is InChI=1S/C23H39NO4.C23H35NO2/c1-3-5-8-11-18(25)14-15-20-19(21(26)17-22(20)27)12-9-6-7-10-13-23(28)24-16-4-2;1-3-5-6-7-8-12-15-21-20(17-18-22(21)25)14-11-9-10-13-16-23(26)24-19-4-2/h6,9,14-15,18-21,25-26H,3-5,7-8,10-13,16-17H2,1-2H3,(H,24,28);8-9,11-12,15,17-18,20H,3-7,10,13-14,16,19H2,1-2H3,(H,24,26)/b9-6-,15-14+;11-9+,12-8+,21-15+/t18-,19+,20+,21-;/m0./s1. The summed E-state index contributed by atoms with van der Waals surface area (Å²) in [6.45, 7) is 9.90. The quantitative estimate of drug-likeness (QED) is 0.0376. The van der Waals surface area contributed by atoms with Gasteiger partial charge in [-0.3, -0.25) is 19.2 Å². The number of hydrogen-bond donors (Lipinski definition) is 4. The Kier molecular flexibility index (Phi) is 28.8. The van der Waals surface area contributed by atoms with Crippen LogP contribution < -0.4 is 10.6 Å². The van der Waals surface area contributed by atoms with Gasteiger partial charge in [0, 0.05) is 55.7 Å². The fourth-order valence-corrected chi connectivity index (χ4v) is 6.45. The molecule has 0 aromatic heterocycles. The highest BCUT2D eigenvalue weighted by Gasteiger charge is 2.39. The van der Waals surface area contributed by atoms with Crippen molar-refractivity contribution in [1.29, 1.82) is 0 Å². The van der Waals surface area contributed by atoms with Gasteiger partial charge < -0.3 is 20.8 Å². The molecule has 8 heteroatoms. The van der Waals surface area contributed by atoms with Crippen molar-refractivity contribution in [3.05, 3.63) is 72.4 Å². The van der Waals surface area contributed by atoms with E-state index >= 15 is 0 Å². The summed E-state index contributed by atoms with van der Waals surface area (Å²) in [5.74, 6) is 0.155. The fraction of sp³-hybridized carbons (Fsp3) is 0.652. The lowest BCUT2D eigenvalue weighted by molar-refractivity contribution is -0.122. The first kappa shape index (κ1) is 48.7. The van der Waals surface area contributed by atoms with E-state index in [9.17, 15) is 29.4 Å². The number of carbonyl (C=O) groups is 4. The summed E-state index contributed by atoms with van der Waals surface area (Å²) in [6, 6.07) is 0. The van der Waals surface area contributed by atoms with Crippen molar-refractivity contribution in [1.82, 2.24) is 10.6 Å². The van der Waals surface area contributed by atoms with Crippen LogP contribution in [0.15, 0.2) is 72.4 Å². The van der Waals surface area contributed by atoms with Crippen molar-refractivity contribution in [2.24, 2.45) is 17.8 Å². The van der Waals surface area contributed by atoms with E-state index in [0.717, 1.165) is 89.3 Å². The molecule has 0 aromatic carbocycles. The van der Waals surface area contributed by atoms with Crippen molar-refractivity contribution < 1.29 is 29.4 Å². The topological polar surface area (TPSA) is 133 Å². The zero-order chi connectivity index (χ0) is 39.8. The van der Waals surface area contributed by atoms with Crippen LogP contribution in [0.3, 0.4) is 0 Å². The lowest BCUT2D eigenvalue weighted by Gasteiger charge is -2.17. The van der Waals surface area contributed by atoms with Gasteiger partial charge in [-0.1, -0.05) is 121 Å². The maximum Gasteiger partial charge on any atom is 0.220 e. The van der Waals surface area contributed by atoms with Crippen LogP contribution in [0.4, 0.5) is 0 Å². The Balaban J connectivity index is 0.000000541. The number of amides is 2. The highest BCUT2D eigenvalue weighted by molar-refractivity contribution is 6.07. The zero-order valence-corrected chi connectivity index (χ0v) is 34.1. The molecule has 0 aliphatic heterocycles. The second-order valence-electron chi connectivity index (χ2n) is 14.6. The Hall–Kier alpha value is -3.36. The summed E-state index contributed by atoms with van der Waals surface area (Å²) < 4.78 is 0. The monoisotopic (exact) mass is 751 g/mol. The van der Waals surface area contributed by atoms with Crippen LogP contribution in [0.5, 0.6) is 0 Å². The Morgan fingerprint density at radius 1 is 0.778 bits per heavy atom. The smallest absolute Gasteiger partial charge is 0.220 e. The maximum atomic E-state index is 12.2. The van der Waals surface area contributed by atoms with Gasteiger partial charge in [-0.25, -0.2) is 0 Å². The number of unbranched alkanes of at least 4 members (excludes halogenated alkanes) is 7. The van der Waals surface area contributed by atoms with Gasteiger partial charge in [0.15, 0.2) is 5.78 Å². The number of Topliss-reactive ketones (excluding diaryl/α,β-unsaturated/α-hetero) is 1. The third-order valence-electron chi connectivity index (χ3n) is 9.76. The molecule has 2 aliphatic rings. The van der Waals surface area contributed by atoms with Crippen LogP contribution in [0.25, 0.3) is 0 Å². The van der Waals surface area contributed by atoms with E-state index < -0.39 is 12.2 Å². The first-order valence-electron chi connectivity index (χ1n) is 21.2. The number of hydrogen-bond acceptors (Lipinski definition) is 6. The fourth-order valence-electron chi connectivity index (χ4n) is 6.45. The van der Waals surface area contributed by atoms with E-state index in [-0.39, 0.29) is 47.6 Å². The minimum atomic E-state index is -0.621. The molecule has 0 aromatic rings. The number of aliphatic hydroxyl groups is 2. The number of carbonyl (C=O) groups excluding carboxylic acids is 4. The van der Waals surface area contributed by atoms with Gasteiger partial charge in [0.25, 0.3) is 0 Å². The summed E-state index contributed by atoms with van der Waals surface area (Å²) >= 11 is 0. The van der Waals surface area contributed by atoms with Gasteiger partial charge in [-0.2, -0.15) is 0 Å². The molecule has 0 bridgehead atoms. The van der Waals surface area contributed by atoms with E-state index in [1.54, 1.807) is 18.2 Å². The molecule has 1 saturated carbocycles. The third-order valence-corrected chi connectivity index (χ3v) is 9.76. The molecule has 0 heterocycles. The SMILES string of the molecule is CCCCC/C=C/C=C1/C(=O)C=CC1C/C=C/CCCC(=O)NCCC.CCCCC[C@H](O)/C=C/[C@H]1C(=O)C[C@H](O)[C@@H]1C/C=C\CCCC(=O)NCCC. The molecule has 2 amide bonds. The molecular formula is C46H74N2O6. The molecule has 8 nitrogen and oxygen atoms in total. The van der Waals surface area contributed by atoms with Crippen molar-refractivity contribution in [2.45, 2.75) is 162 Å². The van der Waals surface area contributed by atoms with Gasteiger partial charge >= 0.3 is 0 Å². The van der Waals surface area contributed by atoms with Crippen molar-refractivity contribution in [2.75, 3.05) is 13.1 Å². The van der Waals surface area contributed by atoms with Crippen LogP contribution in [0.2, 0.25) is 0 Å². The molecule has 0 saturated heterocycles. The van der Waals surface area contributed by atoms with E-state index in [2.05, 4.69) is 49.6 Å². The van der Waals surface area contributed by atoms with Gasteiger partial charge in [-0.05, 0) is 76.7 Å². The number of allylic oxidation sites excluding steroid dienone is 11. The first-order chi connectivity index (χ1) is 26.2. The molecule has 2 aliphatic carbocycles. The Bertz CT molecular complexity index is 1250. The molecule has 2 rings (SSSR count). The van der Waals surface area contributed by atoms with Crippen molar-refractivity contribution in [3.8, 4) is 0 Å². The molecule has 5 atom stereocenters. The minimum absolute atomic E-state index is 0.0514. The second-order valence-corrected chi connectivity index (χ2v) is 14.6. The molecule has 54 heavy (non-hydrogen) atoms. The van der Waals surface area contributed by atoms with E-state index in [1.807, 2.05) is 37.3 Å². The summed E-state index contributed by atoms with van der Waals surface area (Å²) in [5.41, 5.74) is 0.889. The molecular weight excluding hydrogens is 677 g/mol. The highest BCUT2D eigenvalue weighted by atomic mass is 16.3. The number of rotatable bonds is 27. The van der Waals surface area contributed by atoms with Crippen LogP contribution in [0.1, 0.15) is 150 Å². The second kappa shape index (κ2) is 31.9. The molecule has 0 spiro atoms. The molecule has 0 radical (unpaired) electrons. The van der Waals surface area contributed by atoms with Crippen LogP contribution in [-0.2, 0) is 19.2 Å². The van der Waals surface area contributed by atoms with Crippen LogP contribution >= 0.6 is 0 Å². The summed E-state index contributed by atoms with van der Waals surface area (Å²) in [7, 11) is 0. The van der Waals surface area contributed by atoms with Crippen molar-refractivity contribution >= 4 is 23.4 Å². The predicted octanol–water partition coefficient (Wildman–Crippen LogP) is 9.14. The molecule has 1 fully saturated rings. The van der Waals surface area contributed by atoms with Gasteiger partial charge in [-0.15, -0.1) is 0 Å². The highest BCUT2D eigenvalue weighted by Crippen LogP contribution is 2.33. The summed E-state index contributed by atoms with van der Waals surface area (Å²) in [6.07, 6.45) is 37.3. The number of ketones is 2.